The molecule has 1 aromatic heterocycles. The van der Waals surface area contributed by atoms with Crippen LogP contribution in [0.25, 0.3) is 0 Å². The molecule has 2 aromatic rings. The fourth-order valence-corrected chi connectivity index (χ4v) is 6.42. The van der Waals surface area contributed by atoms with Crippen molar-refractivity contribution in [2.75, 3.05) is 20.2 Å². The number of aromatic nitrogens is 1. The van der Waals surface area contributed by atoms with Crippen LogP contribution in [0.4, 0.5) is 0 Å². The molecule has 8 nitrogen and oxygen atoms in total. The van der Waals surface area contributed by atoms with E-state index in [-0.39, 0.29) is 35.6 Å². The molecule has 0 radical (unpaired) electrons. The number of hydrogen-bond donors (Lipinski definition) is 2. The number of hydrogen-bond acceptors (Lipinski definition) is 7. The maximum absolute atomic E-state index is 14.0. The van der Waals surface area contributed by atoms with E-state index in [1.807, 2.05) is 17.0 Å². The summed E-state index contributed by atoms with van der Waals surface area (Å²) in [5.41, 5.74) is 0.930. The molecule has 4 rings (SSSR count). The zero-order chi connectivity index (χ0) is 27.8. The molecule has 1 saturated heterocycles. The Balaban J connectivity index is 1.49. The van der Waals surface area contributed by atoms with Crippen LogP contribution in [0.15, 0.2) is 29.6 Å². The maximum Gasteiger partial charge on any atom is 0.246 e. The van der Waals surface area contributed by atoms with Crippen LogP contribution in [-0.2, 0) is 9.59 Å². The van der Waals surface area contributed by atoms with Gasteiger partial charge in [-0.15, -0.1) is 11.3 Å². The van der Waals surface area contributed by atoms with Crippen molar-refractivity contribution in [1.29, 1.82) is 0 Å². The van der Waals surface area contributed by atoms with Gasteiger partial charge in [0.15, 0.2) is 0 Å². The van der Waals surface area contributed by atoms with Crippen molar-refractivity contribution in [1.82, 2.24) is 20.5 Å². The molecule has 2 amide bonds. The molecule has 2 fully saturated rings. The maximum atomic E-state index is 14.0. The second-order valence-electron chi connectivity index (χ2n) is 10.7. The Morgan fingerprint density at radius 3 is 2.69 bits per heavy atom. The molecule has 2 N–H and O–H groups in total. The average Bonchev–Trinajstić information content (AvgIpc) is 3.65. The van der Waals surface area contributed by atoms with Gasteiger partial charge in [0.1, 0.15) is 22.5 Å². The van der Waals surface area contributed by atoms with Crippen LogP contribution >= 0.6 is 11.3 Å². The Hall–Kier alpha value is -2.78. The van der Waals surface area contributed by atoms with Crippen molar-refractivity contribution in [3.8, 4) is 5.75 Å². The summed E-state index contributed by atoms with van der Waals surface area (Å²) in [6, 6.07) is 6.15. The summed E-state index contributed by atoms with van der Waals surface area (Å²) in [6.45, 7) is 5.16. The van der Waals surface area contributed by atoms with E-state index in [0.717, 1.165) is 56.4 Å². The van der Waals surface area contributed by atoms with Crippen LogP contribution in [0.1, 0.15) is 98.7 Å². The lowest BCUT2D eigenvalue weighted by Gasteiger charge is -2.35. The van der Waals surface area contributed by atoms with Crippen molar-refractivity contribution in [2.24, 2.45) is 5.92 Å². The quantitative estimate of drug-likeness (QED) is 0.286. The number of likely N-dealkylation sites (N-methyl/N-ethyl adjacent to an activating group) is 1. The molecule has 2 aliphatic rings. The second kappa shape index (κ2) is 14.0. The third-order valence-corrected chi connectivity index (χ3v) is 8.90. The van der Waals surface area contributed by atoms with Gasteiger partial charge in [0.25, 0.3) is 0 Å². The van der Waals surface area contributed by atoms with Gasteiger partial charge in [0.2, 0.25) is 17.6 Å². The molecule has 212 valence electrons. The minimum atomic E-state index is -0.536. The van der Waals surface area contributed by atoms with E-state index in [9.17, 15) is 14.4 Å². The summed E-state index contributed by atoms with van der Waals surface area (Å²) in [4.78, 5) is 46.6. The first-order valence-electron chi connectivity index (χ1n) is 14.4. The van der Waals surface area contributed by atoms with E-state index in [0.29, 0.717) is 30.2 Å². The Labute approximate surface area is 235 Å². The zero-order valence-electron chi connectivity index (χ0n) is 23.4. The number of likely N-dealkylation sites (tertiary alicyclic amines) is 1. The summed E-state index contributed by atoms with van der Waals surface area (Å²) in [5, 5.41) is 8.62. The predicted octanol–water partition coefficient (Wildman–Crippen LogP) is 4.89. The molecule has 9 heteroatoms. The number of rotatable bonds is 12. The Morgan fingerprint density at radius 1 is 1.15 bits per heavy atom. The minimum Gasteiger partial charge on any atom is -0.494 e. The molecule has 39 heavy (non-hydrogen) atoms. The lowest BCUT2D eigenvalue weighted by molar-refractivity contribution is -0.139. The number of carbonyl (C=O) groups is 3. The smallest absolute Gasteiger partial charge is 0.246 e. The highest BCUT2D eigenvalue weighted by atomic mass is 32.1. The highest BCUT2D eigenvalue weighted by Crippen LogP contribution is 2.36. The molecule has 1 saturated carbocycles. The summed E-state index contributed by atoms with van der Waals surface area (Å²) in [6.07, 6.45) is 8.90. The fourth-order valence-electron chi connectivity index (χ4n) is 5.48. The first kappa shape index (κ1) is 29.2. The van der Waals surface area contributed by atoms with Gasteiger partial charge in [-0.3, -0.25) is 14.4 Å². The number of ether oxygens (including phenoxy) is 1. The number of benzene rings is 1. The Morgan fingerprint density at radius 2 is 1.95 bits per heavy atom. The molecule has 3 atom stereocenters. The van der Waals surface area contributed by atoms with Crippen LogP contribution in [0.2, 0.25) is 0 Å². The summed E-state index contributed by atoms with van der Waals surface area (Å²) < 4.78 is 5.77. The van der Waals surface area contributed by atoms with E-state index in [1.54, 1.807) is 31.5 Å². The topological polar surface area (TPSA) is 101 Å². The number of thiazole rings is 1. The first-order chi connectivity index (χ1) is 18.9. The number of nitrogens with one attached hydrogen (secondary N) is 2. The third kappa shape index (κ3) is 7.25. The van der Waals surface area contributed by atoms with Gasteiger partial charge in [0.05, 0.1) is 18.7 Å². The fraction of sp³-hybridized carbons (Fsp3) is 0.600. The molecule has 1 aromatic carbocycles. The number of unbranched alkanes of at least 4 members (excludes halogenated alkanes) is 1. The summed E-state index contributed by atoms with van der Waals surface area (Å²) in [5.74, 6) is 0.491. The van der Waals surface area contributed by atoms with Gasteiger partial charge < -0.3 is 20.3 Å². The van der Waals surface area contributed by atoms with E-state index < -0.39 is 6.04 Å². The molecular weight excluding hydrogens is 512 g/mol. The van der Waals surface area contributed by atoms with Gasteiger partial charge in [0, 0.05) is 17.5 Å². The van der Waals surface area contributed by atoms with Crippen molar-refractivity contribution >= 4 is 28.9 Å². The minimum absolute atomic E-state index is 0.0268. The van der Waals surface area contributed by atoms with Gasteiger partial charge in [-0.1, -0.05) is 44.7 Å². The molecule has 0 unspecified atom stereocenters. The van der Waals surface area contributed by atoms with E-state index in [1.165, 1.54) is 17.8 Å². The van der Waals surface area contributed by atoms with Crippen molar-refractivity contribution in [2.45, 2.75) is 89.8 Å². The van der Waals surface area contributed by atoms with Crippen molar-refractivity contribution in [3.05, 3.63) is 45.9 Å². The SMILES string of the molecule is CCCCOc1cccc(C(=O)c2csc([C@@H]3CCCN3C(=O)[C@@H](NC(=O)[C@H](C)NC)C3CCCCC3)n2)c1. The lowest BCUT2D eigenvalue weighted by Crippen LogP contribution is -2.55. The molecule has 0 bridgehead atoms. The highest BCUT2D eigenvalue weighted by Gasteiger charge is 2.40. The third-order valence-electron chi connectivity index (χ3n) is 7.95. The van der Waals surface area contributed by atoms with E-state index in [4.69, 9.17) is 9.72 Å². The molecule has 2 heterocycles. The monoisotopic (exact) mass is 554 g/mol. The number of carbonyl (C=O) groups excluding carboxylic acids is 3. The molecular formula is C30H42N4O4S. The van der Waals surface area contributed by atoms with Crippen molar-refractivity contribution < 1.29 is 19.1 Å². The lowest BCUT2D eigenvalue weighted by atomic mass is 9.83. The van der Waals surface area contributed by atoms with Gasteiger partial charge in [-0.2, -0.15) is 0 Å². The summed E-state index contributed by atoms with van der Waals surface area (Å²) in [7, 11) is 1.75. The van der Waals surface area contributed by atoms with Crippen LogP contribution in [-0.4, -0.2) is 59.8 Å². The largest absolute Gasteiger partial charge is 0.494 e. The van der Waals surface area contributed by atoms with Crippen LogP contribution in [0.5, 0.6) is 5.75 Å². The van der Waals surface area contributed by atoms with Crippen LogP contribution in [0.3, 0.4) is 0 Å². The Kier molecular flexibility index (Phi) is 10.5. The van der Waals surface area contributed by atoms with Crippen LogP contribution in [0, 0.1) is 5.92 Å². The average molecular weight is 555 g/mol. The van der Waals surface area contributed by atoms with Crippen LogP contribution < -0.4 is 15.4 Å². The number of ketones is 1. The van der Waals surface area contributed by atoms with Gasteiger partial charge in [-0.05, 0) is 64.1 Å². The molecule has 0 spiro atoms. The number of amides is 2. The number of nitrogens with zero attached hydrogens (tertiary/aromatic N) is 2. The van der Waals surface area contributed by atoms with E-state index >= 15 is 0 Å². The first-order valence-corrected chi connectivity index (χ1v) is 15.3. The van der Waals surface area contributed by atoms with E-state index in [2.05, 4.69) is 17.6 Å². The zero-order valence-corrected chi connectivity index (χ0v) is 24.2. The van der Waals surface area contributed by atoms with Gasteiger partial charge >= 0.3 is 0 Å². The molecule has 1 aliphatic heterocycles. The summed E-state index contributed by atoms with van der Waals surface area (Å²) >= 11 is 1.43. The highest BCUT2D eigenvalue weighted by molar-refractivity contribution is 7.10. The van der Waals surface area contributed by atoms with Crippen molar-refractivity contribution in [3.63, 3.8) is 0 Å². The van der Waals surface area contributed by atoms with Gasteiger partial charge in [-0.25, -0.2) is 4.98 Å². The predicted molar refractivity (Wildman–Crippen MR) is 153 cm³/mol. The standard InChI is InChI=1S/C30H42N4O4S/c1-4-5-17-38-23-14-9-13-22(18-23)27(35)24-19-39-29(32-24)25-15-10-16-34(25)30(37)26(21-11-7-6-8-12-21)33-28(36)20(2)31-3/h9,13-14,18-21,25-26,31H,4-8,10-12,15-17H2,1-3H3,(H,33,36)/t20-,25-,26-/m0/s1. The molecule has 1 aliphatic carbocycles. The normalized spacial score (nSPS) is 19.5. The second-order valence-corrected chi connectivity index (χ2v) is 11.6. The Bertz CT molecular complexity index is 1130.